The maximum absolute atomic E-state index is 14.5. The van der Waals surface area contributed by atoms with Gasteiger partial charge in [0, 0.05) is 12.8 Å². The molecule has 0 aliphatic rings. The van der Waals surface area contributed by atoms with Crippen LogP contribution in [0.2, 0.25) is 0 Å². The summed E-state index contributed by atoms with van der Waals surface area (Å²) < 4.78 is 74.7. The van der Waals surface area contributed by atoms with E-state index in [0.717, 1.165) is 0 Å². The fraction of sp³-hybridized carbons (Fsp3) is 0.200. The van der Waals surface area contributed by atoms with Gasteiger partial charge in [0.05, 0.1) is 11.8 Å². The predicted octanol–water partition coefficient (Wildman–Crippen LogP) is 1.06. The van der Waals surface area contributed by atoms with Crippen LogP contribution in [0, 0.1) is 29.1 Å². The quantitative estimate of drug-likeness (QED) is 0.0598. The lowest BCUT2D eigenvalue weighted by Crippen LogP contribution is -2.51. The molecule has 0 heterocycles. The molecular formula is C20H17F5N4O4. The highest BCUT2D eigenvalue weighted by molar-refractivity contribution is 5.94. The van der Waals surface area contributed by atoms with Gasteiger partial charge in [-0.3, -0.25) is 0 Å². The van der Waals surface area contributed by atoms with Gasteiger partial charge in [0.25, 0.3) is 0 Å². The van der Waals surface area contributed by atoms with E-state index in [1.54, 1.807) is 0 Å². The van der Waals surface area contributed by atoms with Crippen molar-refractivity contribution < 1.29 is 41.1 Å². The third-order valence-corrected chi connectivity index (χ3v) is 4.55. The van der Waals surface area contributed by atoms with E-state index in [9.17, 15) is 36.3 Å². The molecule has 2 aromatic rings. The smallest absolute Gasteiger partial charge is 0.339 e. The molecule has 2 atom stereocenters. The molecule has 0 amide bonds. The summed E-state index contributed by atoms with van der Waals surface area (Å²) in [6.07, 6.45) is 0.0457. The van der Waals surface area contributed by atoms with E-state index in [1.165, 1.54) is 30.5 Å². The number of esters is 2. The molecule has 0 aliphatic carbocycles. The van der Waals surface area contributed by atoms with Gasteiger partial charge in [-0.05, 0) is 11.1 Å². The second-order valence-electron chi connectivity index (χ2n) is 6.83. The Morgan fingerprint density at radius 1 is 1.00 bits per heavy atom. The number of hydrazone groups is 1. The minimum atomic E-state index is -3.07. The number of nitrogens with two attached hydrogens (primary N) is 3. The highest BCUT2D eigenvalue weighted by Crippen LogP contribution is 2.33. The number of nitrogens with zero attached hydrogens (tertiary/aromatic N) is 1. The molecule has 0 radical (unpaired) electrons. The highest BCUT2D eigenvalue weighted by atomic mass is 19.2. The van der Waals surface area contributed by atoms with Crippen molar-refractivity contribution in [1.82, 2.24) is 0 Å². The van der Waals surface area contributed by atoms with Gasteiger partial charge in [-0.15, -0.1) is 0 Å². The van der Waals surface area contributed by atoms with E-state index >= 15 is 0 Å². The SMILES string of the molecule is NN=Cc1ccc(CC(N)(C(=O)OC(=O)C(N)CC=O)c2c(F)c(F)c(F)c(F)c2F)cc1. The Morgan fingerprint density at radius 2 is 1.52 bits per heavy atom. The lowest BCUT2D eigenvalue weighted by atomic mass is 9.83. The van der Waals surface area contributed by atoms with Crippen LogP contribution in [0.5, 0.6) is 0 Å². The van der Waals surface area contributed by atoms with Gasteiger partial charge in [0.2, 0.25) is 5.82 Å². The van der Waals surface area contributed by atoms with Crippen LogP contribution in [0.4, 0.5) is 22.0 Å². The molecule has 2 unspecified atom stereocenters. The van der Waals surface area contributed by atoms with Gasteiger partial charge in [-0.2, -0.15) is 5.10 Å². The Hall–Kier alpha value is -3.71. The summed E-state index contributed by atoms with van der Waals surface area (Å²) >= 11 is 0. The molecule has 176 valence electrons. The molecule has 0 spiro atoms. The number of hydrogen-bond donors (Lipinski definition) is 3. The normalized spacial score (nSPS) is 14.0. The number of halogens is 5. The van der Waals surface area contributed by atoms with Crippen molar-refractivity contribution in [1.29, 1.82) is 0 Å². The van der Waals surface area contributed by atoms with Crippen LogP contribution in [0.3, 0.4) is 0 Å². The summed E-state index contributed by atoms with van der Waals surface area (Å²) in [4.78, 5) is 35.2. The summed E-state index contributed by atoms with van der Waals surface area (Å²) in [6.45, 7) is 0. The second-order valence-corrected chi connectivity index (χ2v) is 6.83. The zero-order valence-corrected chi connectivity index (χ0v) is 16.7. The van der Waals surface area contributed by atoms with Crippen molar-refractivity contribution >= 4 is 24.4 Å². The molecule has 2 rings (SSSR count). The summed E-state index contributed by atoms with van der Waals surface area (Å²) in [6, 6.07) is 3.78. The third-order valence-electron chi connectivity index (χ3n) is 4.55. The first kappa shape index (κ1) is 25.5. The van der Waals surface area contributed by atoms with Crippen molar-refractivity contribution in [3.05, 3.63) is 70.0 Å². The average molecular weight is 472 g/mol. The number of carbonyl (C=O) groups excluding carboxylic acids is 3. The average Bonchev–Trinajstić information content (AvgIpc) is 2.78. The van der Waals surface area contributed by atoms with Gasteiger partial charge in [-0.25, -0.2) is 31.5 Å². The van der Waals surface area contributed by atoms with Crippen molar-refractivity contribution in [2.24, 2.45) is 22.4 Å². The lowest BCUT2D eigenvalue weighted by Gasteiger charge is -2.29. The molecule has 0 aromatic heterocycles. The van der Waals surface area contributed by atoms with Gasteiger partial charge in [0.15, 0.2) is 28.8 Å². The van der Waals surface area contributed by atoms with Crippen LogP contribution < -0.4 is 17.3 Å². The Kier molecular flexibility index (Phi) is 7.95. The van der Waals surface area contributed by atoms with E-state index in [1.807, 2.05) is 0 Å². The standard InChI is InChI=1S/C20H17F5N4O4/c21-13-12(14(22)16(24)17(25)15(13)23)20(27,19(32)33-18(31)11(26)5-6-30)7-9-1-3-10(4-2-9)8-29-28/h1-4,6,8,11H,5,7,26-28H2. The number of aldehydes is 1. The molecule has 6 N–H and O–H groups in total. The first-order chi connectivity index (χ1) is 15.5. The molecule has 13 heteroatoms. The van der Waals surface area contributed by atoms with Crippen LogP contribution in [0.15, 0.2) is 29.4 Å². The van der Waals surface area contributed by atoms with Crippen LogP contribution in [-0.4, -0.2) is 30.5 Å². The minimum absolute atomic E-state index is 0.0807. The minimum Gasteiger partial charge on any atom is -0.390 e. The molecular weight excluding hydrogens is 455 g/mol. The van der Waals surface area contributed by atoms with E-state index in [0.29, 0.717) is 5.56 Å². The number of ether oxygens (including phenoxy) is 1. The van der Waals surface area contributed by atoms with Gasteiger partial charge < -0.3 is 26.8 Å². The van der Waals surface area contributed by atoms with Crippen molar-refractivity contribution in [2.75, 3.05) is 0 Å². The van der Waals surface area contributed by atoms with Crippen LogP contribution in [0.1, 0.15) is 23.1 Å². The van der Waals surface area contributed by atoms with Gasteiger partial charge >= 0.3 is 11.9 Å². The van der Waals surface area contributed by atoms with Crippen LogP contribution in [-0.2, 0) is 31.1 Å². The molecule has 8 nitrogen and oxygen atoms in total. The number of hydrogen-bond acceptors (Lipinski definition) is 8. The third kappa shape index (κ3) is 5.21. The first-order valence-electron chi connectivity index (χ1n) is 9.06. The summed E-state index contributed by atoms with van der Waals surface area (Å²) in [7, 11) is 0. The zero-order chi connectivity index (χ0) is 24.9. The monoisotopic (exact) mass is 472 g/mol. The number of benzene rings is 2. The highest BCUT2D eigenvalue weighted by Gasteiger charge is 2.46. The molecule has 0 aliphatic heterocycles. The molecule has 0 fully saturated rings. The second kappa shape index (κ2) is 10.3. The summed E-state index contributed by atoms with van der Waals surface area (Å²) in [5.74, 6) is -10.3. The largest absolute Gasteiger partial charge is 0.390 e. The fourth-order valence-electron chi connectivity index (χ4n) is 2.85. The molecule has 2 aromatic carbocycles. The van der Waals surface area contributed by atoms with Crippen molar-refractivity contribution in [3.8, 4) is 0 Å². The van der Waals surface area contributed by atoms with Crippen LogP contribution in [0.25, 0.3) is 0 Å². The van der Waals surface area contributed by atoms with Crippen LogP contribution >= 0.6 is 0 Å². The predicted molar refractivity (Wildman–Crippen MR) is 104 cm³/mol. The maximum atomic E-state index is 14.5. The molecule has 0 bridgehead atoms. The van der Waals surface area contributed by atoms with E-state index < -0.39 is 71.0 Å². The first-order valence-corrected chi connectivity index (χ1v) is 9.06. The zero-order valence-electron chi connectivity index (χ0n) is 16.7. The van der Waals surface area contributed by atoms with Crippen molar-refractivity contribution in [3.63, 3.8) is 0 Å². The molecule has 0 saturated carbocycles. The summed E-state index contributed by atoms with van der Waals surface area (Å²) in [5.41, 5.74) is 7.00. The summed E-state index contributed by atoms with van der Waals surface area (Å²) in [5, 5.41) is 3.29. The van der Waals surface area contributed by atoms with Gasteiger partial charge in [-0.1, -0.05) is 24.3 Å². The van der Waals surface area contributed by atoms with E-state index in [-0.39, 0.29) is 11.8 Å². The topological polar surface area (TPSA) is 151 Å². The Morgan fingerprint density at radius 3 is 2.00 bits per heavy atom. The maximum Gasteiger partial charge on any atom is 0.339 e. The lowest BCUT2D eigenvalue weighted by molar-refractivity contribution is -0.165. The molecule has 33 heavy (non-hydrogen) atoms. The van der Waals surface area contributed by atoms with E-state index in [2.05, 4.69) is 9.84 Å². The Bertz CT molecular complexity index is 1080. The Labute approximate surface area is 183 Å². The number of carbonyl (C=O) groups is 3. The fourth-order valence-corrected chi connectivity index (χ4v) is 2.85. The number of rotatable bonds is 8. The molecule has 0 saturated heterocycles. The van der Waals surface area contributed by atoms with Crippen molar-refractivity contribution in [2.45, 2.75) is 24.4 Å². The Balaban J connectivity index is 2.63. The van der Waals surface area contributed by atoms with E-state index in [4.69, 9.17) is 17.3 Å². The van der Waals surface area contributed by atoms with Gasteiger partial charge in [0.1, 0.15) is 12.3 Å².